The summed E-state index contributed by atoms with van der Waals surface area (Å²) >= 11 is 0. The number of anilines is 1. The van der Waals surface area contributed by atoms with Gasteiger partial charge < -0.3 is 15.0 Å². The number of likely N-dealkylation sites (tertiary alicyclic amines) is 1. The number of hydrogen-bond donors (Lipinski definition) is 1. The number of nitro benzene ring substituents is 1. The van der Waals surface area contributed by atoms with Gasteiger partial charge in [-0.1, -0.05) is 6.07 Å². The van der Waals surface area contributed by atoms with E-state index < -0.39 is 10.8 Å². The van der Waals surface area contributed by atoms with Gasteiger partial charge in [0.15, 0.2) is 0 Å². The number of nitrogens with one attached hydrogen (secondary N) is 1. The normalized spacial score (nSPS) is 18.5. The number of benzene rings is 1. The summed E-state index contributed by atoms with van der Waals surface area (Å²) in [6.45, 7) is 4.18. The third-order valence-corrected chi connectivity index (χ3v) is 4.23. The predicted molar refractivity (Wildman–Crippen MR) is 87.6 cm³/mol. The molecule has 0 aromatic heterocycles. The van der Waals surface area contributed by atoms with Gasteiger partial charge in [-0.25, -0.2) is 0 Å². The van der Waals surface area contributed by atoms with Gasteiger partial charge in [0.1, 0.15) is 0 Å². The van der Waals surface area contributed by atoms with E-state index in [1.807, 2.05) is 6.92 Å². The molecule has 0 unspecified atom stereocenters. The Labute approximate surface area is 139 Å². The Bertz CT molecular complexity index is 661. The Morgan fingerprint density at radius 2 is 2.25 bits per heavy atom. The van der Waals surface area contributed by atoms with Gasteiger partial charge in [-0.05, 0) is 19.9 Å². The number of hydrogen-bond acceptors (Lipinski definition) is 5. The Kier molecular flexibility index (Phi) is 5.50. The van der Waals surface area contributed by atoms with Crippen LogP contribution in [0.5, 0.6) is 0 Å². The maximum Gasteiger partial charge on any atom is 0.274 e. The van der Waals surface area contributed by atoms with Crippen LogP contribution in [0.3, 0.4) is 0 Å². The van der Waals surface area contributed by atoms with Gasteiger partial charge in [-0.2, -0.15) is 0 Å². The zero-order valence-electron chi connectivity index (χ0n) is 13.9. The lowest BCUT2D eigenvalue weighted by Crippen LogP contribution is -2.38. The van der Waals surface area contributed by atoms with Crippen LogP contribution in [0.2, 0.25) is 0 Å². The van der Waals surface area contributed by atoms with Crippen LogP contribution in [0, 0.1) is 23.0 Å². The molecule has 8 heteroatoms. The van der Waals surface area contributed by atoms with E-state index in [1.54, 1.807) is 25.0 Å². The van der Waals surface area contributed by atoms with Gasteiger partial charge in [0, 0.05) is 26.1 Å². The minimum absolute atomic E-state index is 0.0503. The van der Waals surface area contributed by atoms with E-state index in [0.717, 1.165) is 0 Å². The van der Waals surface area contributed by atoms with E-state index >= 15 is 0 Å². The standard InChI is InChI=1S/C16H21N3O5/c1-10(9-24-3)18-8-12(7-15(18)20)16(21)17-13-5-4-6-14(11(13)2)19(22)23/h4-6,10,12H,7-9H2,1-3H3,(H,17,21)/t10-,12-/m0/s1. The molecule has 24 heavy (non-hydrogen) atoms. The second-order valence-corrected chi connectivity index (χ2v) is 5.95. The molecule has 1 aromatic rings. The number of ether oxygens (including phenoxy) is 1. The van der Waals surface area contributed by atoms with Gasteiger partial charge in [0.2, 0.25) is 11.8 Å². The lowest BCUT2D eigenvalue weighted by Gasteiger charge is -2.24. The van der Waals surface area contributed by atoms with Crippen molar-refractivity contribution in [3.8, 4) is 0 Å². The van der Waals surface area contributed by atoms with Crippen LogP contribution in [0.4, 0.5) is 11.4 Å². The molecule has 2 amide bonds. The third kappa shape index (κ3) is 3.70. The van der Waals surface area contributed by atoms with Crippen LogP contribution in [0.15, 0.2) is 18.2 Å². The first-order valence-corrected chi connectivity index (χ1v) is 7.68. The molecule has 0 spiro atoms. The largest absolute Gasteiger partial charge is 0.383 e. The first-order valence-electron chi connectivity index (χ1n) is 7.68. The van der Waals surface area contributed by atoms with Gasteiger partial charge in [-0.15, -0.1) is 0 Å². The zero-order valence-corrected chi connectivity index (χ0v) is 13.9. The summed E-state index contributed by atoms with van der Waals surface area (Å²) in [5.41, 5.74) is 0.737. The monoisotopic (exact) mass is 335 g/mol. The Morgan fingerprint density at radius 3 is 2.88 bits per heavy atom. The molecule has 1 aliphatic heterocycles. The van der Waals surface area contributed by atoms with Gasteiger partial charge >= 0.3 is 0 Å². The molecule has 1 fully saturated rings. The van der Waals surface area contributed by atoms with Crippen molar-refractivity contribution >= 4 is 23.2 Å². The van der Waals surface area contributed by atoms with Gasteiger partial charge in [-0.3, -0.25) is 19.7 Å². The maximum absolute atomic E-state index is 12.4. The quantitative estimate of drug-likeness (QED) is 0.630. The number of carbonyl (C=O) groups is 2. The summed E-state index contributed by atoms with van der Waals surface area (Å²) in [6, 6.07) is 4.42. The molecule has 130 valence electrons. The lowest BCUT2D eigenvalue weighted by atomic mass is 10.1. The number of rotatable bonds is 6. The van der Waals surface area contributed by atoms with Gasteiger partial charge in [0.05, 0.1) is 34.7 Å². The van der Waals surface area contributed by atoms with E-state index in [4.69, 9.17) is 4.74 Å². The molecule has 0 saturated carbocycles. The van der Waals surface area contributed by atoms with Crippen LogP contribution >= 0.6 is 0 Å². The highest BCUT2D eigenvalue weighted by Crippen LogP contribution is 2.27. The summed E-state index contributed by atoms with van der Waals surface area (Å²) in [6.07, 6.45) is 0.133. The molecule has 1 aromatic carbocycles. The van der Waals surface area contributed by atoms with Crippen LogP contribution in [0.1, 0.15) is 18.9 Å². The number of nitro groups is 1. The molecule has 2 rings (SSSR count). The smallest absolute Gasteiger partial charge is 0.274 e. The summed E-state index contributed by atoms with van der Waals surface area (Å²) in [4.78, 5) is 36.6. The summed E-state index contributed by atoms with van der Waals surface area (Å²) < 4.78 is 5.05. The van der Waals surface area contributed by atoms with Crippen molar-refractivity contribution in [3.05, 3.63) is 33.9 Å². The molecule has 0 radical (unpaired) electrons. The summed E-state index contributed by atoms with van der Waals surface area (Å²) in [5.74, 6) is -0.870. The molecule has 2 atom stereocenters. The third-order valence-electron chi connectivity index (χ3n) is 4.23. The topological polar surface area (TPSA) is 102 Å². The first-order chi connectivity index (χ1) is 11.3. The molecule has 1 aliphatic rings. The van der Waals surface area contributed by atoms with Crippen molar-refractivity contribution in [2.75, 3.05) is 25.6 Å². The van der Waals surface area contributed by atoms with E-state index in [9.17, 15) is 19.7 Å². The number of carbonyl (C=O) groups excluding carboxylic acids is 2. The van der Waals surface area contributed by atoms with Crippen molar-refractivity contribution in [2.45, 2.75) is 26.3 Å². The lowest BCUT2D eigenvalue weighted by molar-refractivity contribution is -0.385. The Hall–Kier alpha value is -2.48. The van der Waals surface area contributed by atoms with E-state index in [1.165, 1.54) is 12.1 Å². The van der Waals surface area contributed by atoms with E-state index in [-0.39, 0.29) is 30.0 Å². The Balaban J connectivity index is 2.08. The fourth-order valence-corrected chi connectivity index (χ4v) is 2.86. The fraction of sp³-hybridized carbons (Fsp3) is 0.500. The van der Waals surface area contributed by atoms with Crippen LogP contribution in [0.25, 0.3) is 0 Å². The summed E-state index contributed by atoms with van der Waals surface area (Å²) in [7, 11) is 1.56. The molecule has 1 N–H and O–H groups in total. The van der Waals surface area contributed by atoms with Crippen molar-refractivity contribution in [1.29, 1.82) is 0 Å². The minimum Gasteiger partial charge on any atom is -0.383 e. The van der Waals surface area contributed by atoms with Gasteiger partial charge in [0.25, 0.3) is 5.69 Å². The molecule has 8 nitrogen and oxygen atoms in total. The average Bonchev–Trinajstić information content (AvgIpc) is 2.91. The molecular formula is C16H21N3O5. The average molecular weight is 335 g/mol. The highest BCUT2D eigenvalue weighted by Gasteiger charge is 2.36. The minimum atomic E-state index is -0.488. The highest BCUT2D eigenvalue weighted by molar-refractivity contribution is 5.98. The molecule has 0 bridgehead atoms. The summed E-state index contributed by atoms with van der Waals surface area (Å²) in [5, 5.41) is 13.7. The predicted octanol–water partition coefficient (Wildman–Crippen LogP) is 1.73. The first kappa shape index (κ1) is 17.9. The van der Waals surface area contributed by atoms with Crippen molar-refractivity contribution in [2.24, 2.45) is 5.92 Å². The van der Waals surface area contributed by atoms with Crippen molar-refractivity contribution in [3.63, 3.8) is 0 Å². The SMILES string of the molecule is COC[C@H](C)N1C[C@@H](C(=O)Nc2cccc([N+](=O)[O-])c2C)CC1=O. The number of amides is 2. The molecular weight excluding hydrogens is 314 g/mol. The van der Waals surface area contributed by atoms with E-state index in [0.29, 0.717) is 24.4 Å². The maximum atomic E-state index is 12.4. The fourth-order valence-electron chi connectivity index (χ4n) is 2.86. The van der Waals surface area contributed by atoms with E-state index in [2.05, 4.69) is 5.32 Å². The van der Waals surface area contributed by atoms with Crippen molar-refractivity contribution in [1.82, 2.24) is 4.90 Å². The second-order valence-electron chi connectivity index (χ2n) is 5.95. The zero-order chi connectivity index (χ0) is 17.9. The number of methoxy groups -OCH3 is 1. The second kappa shape index (κ2) is 7.39. The Morgan fingerprint density at radius 1 is 1.54 bits per heavy atom. The van der Waals surface area contributed by atoms with Crippen LogP contribution in [-0.4, -0.2) is 47.9 Å². The van der Waals surface area contributed by atoms with Crippen molar-refractivity contribution < 1.29 is 19.2 Å². The molecule has 0 aliphatic carbocycles. The highest BCUT2D eigenvalue weighted by atomic mass is 16.6. The number of nitrogens with zero attached hydrogens (tertiary/aromatic N) is 2. The molecule has 1 saturated heterocycles. The van der Waals surface area contributed by atoms with Crippen LogP contribution < -0.4 is 5.32 Å². The van der Waals surface area contributed by atoms with Crippen LogP contribution in [-0.2, 0) is 14.3 Å². The molecule has 1 heterocycles.